The largest absolute Gasteiger partial charge is 0.312 e. The van der Waals surface area contributed by atoms with Gasteiger partial charge in [0, 0.05) is 43.0 Å². The maximum atomic E-state index is 12.6. The Hall–Kier alpha value is -0.470. The second kappa shape index (κ2) is 7.69. The van der Waals surface area contributed by atoms with Crippen molar-refractivity contribution in [3.63, 3.8) is 0 Å². The molecule has 1 N–H and O–H groups in total. The third kappa shape index (κ3) is 4.26. The van der Waals surface area contributed by atoms with Crippen LogP contribution >= 0.6 is 11.3 Å². The summed E-state index contributed by atoms with van der Waals surface area (Å²) in [5, 5.41) is 4.99. The smallest absolute Gasteiger partial charge is 0.243 e. The summed E-state index contributed by atoms with van der Waals surface area (Å²) in [5.74, 6) is 0. The molecule has 0 atom stereocenters. The van der Waals surface area contributed by atoms with Gasteiger partial charge in [-0.1, -0.05) is 13.8 Å². The molecule has 1 saturated heterocycles. The zero-order valence-corrected chi connectivity index (χ0v) is 14.5. The van der Waals surface area contributed by atoms with Gasteiger partial charge in [0.25, 0.3) is 0 Å². The molecule has 7 heteroatoms. The van der Waals surface area contributed by atoms with E-state index in [0.717, 1.165) is 44.0 Å². The summed E-state index contributed by atoms with van der Waals surface area (Å²) in [6.45, 7) is 9.74. The molecule has 0 aliphatic carbocycles. The van der Waals surface area contributed by atoms with Gasteiger partial charge in [0.05, 0.1) is 4.90 Å². The van der Waals surface area contributed by atoms with Crippen LogP contribution in [0.4, 0.5) is 0 Å². The average molecular weight is 332 g/mol. The van der Waals surface area contributed by atoms with Gasteiger partial charge >= 0.3 is 0 Å². The molecule has 0 saturated carbocycles. The number of piperazine rings is 1. The van der Waals surface area contributed by atoms with Crippen LogP contribution in [0, 0.1) is 0 Å². The minimum Gasteiger partial charge on any atom is -0.312 e. The molecule has 120 valence electrons. The predicted octanol–water partition coefficient (Wildman–Crippen LogP) is 1.57. The zero-order chi connectivity index (χ0) is 15.3. The summed E-state index contributed by atoms with van der Waals surface area (Å²) >= 11 is 1.51. The van der Waals surface area contributed by atoms with Crippen LogP contribution in [0.2, 0.25) is 0 Å². The molecule has 0 amide bonds. The van der Waals surface area contributed by atoms with Gasteiger partial charge in [-0.3, -0.25) is 0 Å². The van der Waals surface area contributed by atoms with Gasteiger partial charge in [-0.15, -0.1) is 11.3 Å². The Kier molecular flexibility index (Phi) is 6.19. The highest BCUT2D eigenvalue weighted by Crippen LogP contribution is 2.23. The van der Waals surface area contributed by atoms with E-state index in [2.05, 4.69) is 17.1 Å². The SMILES string of the molecule is CCCN1CCN(S(=O)(=O)c2csc(CNCC)c2)CC1. The topological polar surface area (TPSA) is 52.7 Å². The van der Waals surface area contributed by atoms with Crippen molar-refractivity contribution < 1.29 is 8.42 Å². The summed E-state index contributed by atoms with van der Waals surface area (Å²) < 4.78 is 26.9. The average Bonchev–Trinajstić information content (AvgIpc) is 2.96. The number of sulfonamides is 1. The number of rotatable bonds is 7. The van der Waals surface area contributed by atoms with E-state index in [1.165, 1.54) is 11.3 Å². The van der Waals surface area contributed by atoms with Crippen molar-refractivity contribution in [3.05, 3.63) is 16.3 Å². The Balaban J connectivity index is 2.00. The summed E-state index contributed by atoms with van der Waals surface area (Å²) in [6.07, 6.45) is 1.12. The Morgan fingerprint density at radius 1 is 1.24 bits per heavy atom. The fraction of sp³-hybridized carbons (Fsp3) is 0.714. The van der Waals surface area contributed by atoms with E-state index in [4.69, 9.17) is 0 Å². The lowest BCUT2D eigenvalue weighted by molar-refractivity contribution is 0.188. The lowest BCUT2D eigenvalue weighted by atomic mass is 10.3. The maximum absolute atomic E-state index is 12.6. The standard InChI is InChI=1S/C14H25N3O2S2/c1-3-5-16-6-8-17(9-7-16)21(18,19)14-10-13(20-12-14)11-15-4-2/h10,12,15H,3-9,11H2,1-2H3. The van der Waals surface area contributed by atoms with E-state index in [-0.39, 0.29) is 0 Å². The van der Waals surface area contributed by atoms with Crippen LogP contribution in [0.5, 0.6) is 0 Å². The molecule has 0 radical (unpaired) electrons. The molecule has 1 fully saturated rings. The molecular formula is C14H25N3O2S2. The lowest BCUT2D eigenvalue weighted by Crippen LogP contribution is -2.48. The van der Waals surface area contributed by atoms with Crippen LogP contribution in [0.3, 0.4) is 0 Å². The van der Waals surface area contributed by atoms with Crippen LogP contribution < -0.4 is 5.32 Å². The highest BCUT2D eigenvalue weighted by molar-refractivity contribution is 7.89. The van der Waals surface area contributed by atoms with Crippen molar-refractivity contribution in [2.75, 3.05) is 39.3 Å². The molecule has 1 aromatic heterocycles. The summed E-state index contributed by atoms with van der Waals surface area (Å²) in [4.78, 5) is 3.85. The van der Waals surface area contributed by atoms with Crippen molar-refractivity contribution in [2.45, 2.75) is 31.7 Å². The van der Waals surface area contributed by atoms with Gasteiger partial charge < -0.3 is 10.2 Å². The van der Waals surface area contributed by atoms with Crippen molar-refractivity contribution in [1.82, 2.24) is 14.5 Å². The van der Waals surface area contributed by atoms with Crippen LogP contribution in [0.15, 0.2) is 16.3 Å². The Morgan fingerprint density at radius 3 is 2.57 bits per heavy atom. The Labute approximate surface area is 132 Å². The van der Waals surface area contributed by atoms with E-state index in [1.807, 2.05) is 6.92 Å². The second-order valence-electron chi connectivity index (χ2n) is 5.27. The van der Waals surface area contributed by atoms with Crippen LogP contribution in [-0.4, -0.2) is 56.9 Å². The third-order valence-electron chi connectivity index (χ3n) is 3.69. The molecule has 2 rings (SSSR count). The van der Waals surface area contributed by atoms with Crippen molar-refractivity contribution in [2.24, 2.45) is 0 Å². The molecule has 0 aromatic carbocycles. The molecule has 2 heterocycles. The third-order valence-corrected chi connectivity index (χ3v) is 6.65. The molecule has 0 bridgehead atoms. The number of nitrogens with zero attached hydrogens (tertiary/aromatic N) is 2. The highest BCUT2D eigenvalue weighted by atomic mass is 32.2. The number of hydrogen-bond donors (Lipinski definition) is 1. The molecule has 0 unspecified atom stereocenters. The van der Waals surface area contributed by atoms with E-state index < -0.39 is 10.0 Å². The van der Waals surface area contributed by atoms with Crippen LogP contribution in [0.1, 0.15) is 25.1 Å². The van der Waals surface area contributed by atoms with E-state index in [0.29, 0.717) is 18.0 Å². The first kappa shape index (κ1) is 16.9. The Morgan fingerprint density at radius 2 is 1.95 bits per heavy atom. The second-order valence-corrected chi connectivity index (χ2v) is 8.21. The Bertz CT molecular complexity index is 534. The van der Waals surface area contributed by atoms with Gasteiger partial charge in [0.15, 0.2) is 0 Å². The lowest BCUT2D eigenvalue weighted by Gasteiger charge is -2.33. The van der Waals surface area contributed by atoms with Crippen molar-refractivity contribution in [3.8, 4) is 0 Å². The number of hydrogen-bond acceptors (Lipinski definition) is 5. The molecule has 1 aromatic rings. The first-order valence-electron chi connectivity index (χ1n) is 7.58. The van der Waals surface area contributed by atoms with Gasteiger partial charge in [-0.05, 0) is 25.6 Å². The zero-order valence-electron chi connectivity index (χ0n) is 12.8. The number of thiophene rings is 1. The first-order valence-corrected chi connectivity index (χ1v) is 9.90. The minimum atomic E-state index is -3.32. The van der Waals surface area contributed by atoms with Crippen molar-refractivity contribution in [1.29, 1.82) is 0 Å². The van der Waals surface area contributed by atoms with E-state index >= 15 is 0 Å². The van der Waals surface area contributed by atoms with E-state index in [1.54, 1.807) is 15.8 Å². The van der Waals surface area contributed by atoms with Crippen molar-refractivity contribution >= 4 is 21.4 Å². The highest BCUT2D eigenvalue weighted by Gasteiger charge is 2.28. The molecule has 5 nitrogen and oxygen atoms in total. The first-order chi connectivity index (χ1) is 10.1. The minimum absolute atomic E-state index is 0.448. The van der Waals surface area contributed by atoms with Gasteiger partial charge in [-0.2, -0.15) is 4.31 Å². The molecule has 21 heavy (non-hydrogen) atoms. The quantitative estimate of drug-likeness (QED) is 0.824. The summed E-state index contributed by atoms with van der Waals surface area (Å²) in [7, 11) is -3.32. The number of nitrogens with one attached hydrogen (secondary N) is 1. The van der Waals surface area contributed by atoms with Gasteiger partial charge in [0.1, 0.15) is 0 Å². The molecule has 1 aliphatic rings. The monoisotopic (exact) mass is 331 g/mol. The van der Waals surface area contributed by atoms with Gasteiger partial charge in [-0.25, -0.2) is 8.42 Å². The van der Waals surface area contributed by atoms with E-state index in [9.17, 15) is 8.42 Å². The maximum Gasteiger partial charge on any atom is 0.243 e. The van der Waals surface area contributed by atoms with Crippen LogP contribution in [-0.2, 0) is 16.6 Å². The van der Waals surface area contributed by atoms with Gasteiger partial charge in [0.2, 0.25) is 10.0 Å². The molecule has 1 aliphatic heterocycles. The molecule has 0 spiro atoms. The predicted molar refractivity (Wildman–Crippen MR) is 87.2 cm³/mol. The normalized spacial score (nSPS) is 18.2. The molecular weight excluding hydrogens is 306 g/mol. The summed E-state index contributed by atoms with van der Waals surface area (Å²) in [5.41, 5.74) is 0. The summed E-state index contributed by atoms with van der Waals surface area (Å²) in [6, 6.07) is 1.81. The van der Waals surface area contributed by atoms with Crippen LogP contribution in [0.25, 0.3) is 0 Å². The fourth-order valence-corrected chi connectivity index (χ4v) is 5.15. The fourth-order valence-electron chi connectivity index (χ4n) is 2.50.